The maximum Gasteiger partial charge on any atom is 0.120 e. The molecular formula is C18H25NO. The van der Waals surface area contributed by atoms with Crippen LogP contribution in [0.25, 0.3) is 10.8 Å². The molecule has 0 saturated carbocycles. The Morgan fingerprint density at radius 1 is 1.10 bits per heavy atom. The van der Waals surface area contributed by atoms with Gasteiger partial charge in [-0.2, -0.15) is 0 Å². The summed E-state index contributed by atoms with van der Waals surface area (Å²) < 4.78 is 0. The molecule has 2 rings (SSSR count). The fourth-order valence-corrected chi connectivity index (χ4v) is 2.64. The largest absolute Gasteiger partial charge is 0.508 e. The quantitative estimate of drug-likeness (QED) is 0.813. The van der Waals surface area contributed by atoms with Gasteiger partial charge in [0.1, 0.15) is 5.75 Å². The lowest BCUT2D eigenvalue weighted by Gasteiger charge is -2.18. The van der Waals surface area contributed by atoms with Gasteiger partial charge >= 0.3 is 0 Å². The summed E-state index contributed by atoms with van der Waals surface area (Å²) in [5.74, 6) is 1.12. The maximum atomic E-state index is 10.1. The predicted octanol–water partition coefficient (Wildman–Crippen LogP) is 4.46. The van der Waals surface area contributed by atoms with E-state index in [-0.39, 0.29) is 0 Å². The molecule has 2 aromatic rings. The summed E-state index contributed by atoms with van der Waals surface area (Å²) in [6, 6.07) is 12.4. The first-order chi connectivity index (χ1) is 9.61. The Balaban J connectivity index is 2.11. The van der Waals surface area contributed by atoms with E-state index in [4.69, 9.17) is 0 Å². The van der Waals surface area contributed by atoms with E-state index in [1.807, 2.05) is 18.2 Å². The molecule has 2 atom stereocenters. The highest BCUT2D eigenvalue weighted by atomic mass is 16.3. The first kappa shape index (κ1) is 14.9. The fraction of sp³-hybridized carbons (Fsp3) is 0.444. The summed E-state index contributed by atoms with van der Waals surface area (Å²) >= 11 is 0. The predicted molar refractivity (Wildman–Crippen MR) is 86.0 cm³/mol. The van der Waals surface area contributed by atoms with Crippen molar-refractivity contribution in [1.82, 2.24) is 5.32 Å². The lowest BCUT2D eigenvalue weighted by molar-refractivity contribution is 0.407. The summed E-state index contributed by atoms with van der Waals surface area (Å²) in [4.78, 5) is 0. The van der Waals surface area contributed by atoms with Gasteiger partial charge in [0, 0.05) is 18.2 Å². The van der Waals surface area contributed by atoms with Crippen molar-refractivity contribution in [3.05, 3.63) is 42.0 Å². The molecule has 0 aliphatic carbocycles. The number of hydrogen-bond donors (Lipinski definition) is 2. The number of fused-ring (bicyclic) bond motifs is 1. The second kappa shape index (κ2) is 6.76. The molecule has 0 aromatic heterocycles. The smallest absolute Gasteiger partial charge is 0.120 e. The van der Waals surface area contributed by atoms with Gasteiger partial charge in [-0.25, -0.2) is 0 Å². The van der Waals surface area contributed by atoms with Crippen LogP contribution in [0.5, 0.6) is 5.75 Å². The van der Waals surface area contributed by atoms with E-state index in [2.05, 4.69) is 38.2 Å². The molecule has 0 aliphatic heterocycles. The second-order valence-corrected chi connectivity index (χ2v) is 5.82. The Morgan fingerprint density at radius 2 is 1.85 bits per heavy atom. The van der Waals surface area contributed by atoms with Crippen molar-refractivity contribution < 1.29 is 5.11 Å². The van der Waals surface area contributed by atoms with Crippen molar-refractivity contribution in [3.8, 4) is 5.75 Å². The molecule has 0 radical (unpaired) electrons. The van der Waals surface area contributed by atoms with Crippen LogP contribution in [-0.4, -0.2) is 11.1 Å². The number of aromatic hydroxyl groups is 1. The first-order valence-corrected chi connectivity index (χ1v) is 7.54. The third-order valence-electron chi connectivity index (χ3n) is 4.10. The molecule has 2 heteroatoms. The minimum atomic E-state index is 0.381. The topological polar surface area (TPSA) is 32.3 Å². The number of phenolic OH excluding ortho intramolecular Hbond substituents is 1. The Morgan fingerprint density at radius 3 is 2.60 bits per heavy atom. The maximum absolute atomic E-state index is 10.1. The number of benzene rings is 2. The molecule has 2 aromatic carbocycles. The molecule has 20 heavy (non-hydrogen) atoms. The van der Waals surface area contributed by atoms with E-state index in [1.165, 1.54) is 18.2 Å². The lowest BCUT2D eigenvalue weighted by atomic mass is 9.99. The van der Waals surface area contributed by atoms with Gasteiger partial charge in [0.15, 0.2) is 0 Å². The van der Waals surface area contributed by atoms with Crippen molar-refractivity contribution in [2.45, 2.75) is 46.2 Å². The van der Waals surface area contributed by atoms with Crippen LogP contribution >= 0.6 is 0 Å². The van der Waals surface area contributed by atoms with Crippen molar-refractivity contribution in [3.63, 3.8) is 0 Å². The standard InChI is InChI=1S/C18H25NO/c1-4-13(2)11-14(3)19-12-17-16-8-6-5-7-15(16)9-10-18(17)20/h5-10,13-14,19-20H,4,11-12H2,1-3H3. The molecule has 0 fully saturated rings. The third-order valence-corrected chi connectivity index (χ3v) is 4.10. The summed E-state index contributed by atoms with van der Waals surface area (Å²) in [6.07, 6.45) is 2.38. The molecule has 0 heterocycles. The molecule has 0 spiro atoms. The molecule has 2 N–H and O–H groups in total. The second-order valence-electron chi connectivity index (χ2n) is 5.82. The summed E-state index contributed by atoms with van der Waals surface area (Å²) in [5, 5.41) is 16.0. The summed E-state index contributed by atoms with van der Waals surface area (Å²) in [6.45, 7) is 7.45. The average Bonchev–Trinajstić information content (AvgIpc) is 2.46. The van der Waals surface area contributed by atoms with Crippen molar-refractivity contribution in [2.75, 3.05) is 0 Å². The van der Waals surface area contributed by atoms with Crippen LogP contribution in [0.2, 0.25) is 0 Å². The third kappa shape index (κ3) is 3.51. The van der Waals surface area contributed by atoms with E-state index >= 15 is 0 Å². The van der Waals surface area contributed by atoms with E-state index in [1.54, 1.807) is 6.07 Å². The zero-order chi connectivity index (χ0) is 14.5. The van der Waals surface area contributed by atoms with Gasteiger partial charge in [-0.05, 0) is 36.1 Å². The van der Waals surface area contributed by atoms with Crippen molar-refractivity contribution >= 4 is 10.8 Å². The Kier molecular flexibility index (Phi) is 5.02. The van der Waals surface area contributed by atoms with Gasteiger partial charge in [0.05, 0.1) is 0 Å². The Labute approximate surface area is 121 Å². The molecule has 2 unspecified atom stereocenters. The molecule has 0 saturated heterocycles. The summed E-state index contributed by atoms with van der Waals surface area (Å²) in [5.41, 5.74) is 0.999. The monoisotopic (exact) mass is 271 g/mol. The first-order valence-electron chi connectivity index (χ1n) is 7.54. The molecule has 2 nitrogen and oxygen atoms in total. The highest BCUT2D eigenvalue weighted by molar-refractivity contribution is 5.87. The zero-order valence-corrected chi connectivity index (χ0v) is 12.7. The van der Waals surface area contributed by atoms with Gasteiger partial charge in [0.25, 0.3) is 0 Å². The SMILES string of the molecule is CCC(C)CC(C)NCc1c(O)ccc2ccccc12. The number of rotatable bonds is 6. The highest BCUT2D eigenvalue weighted by Crippen LogP contribution is 2.27. The van der Waals surface area contributed by atoms with Gasteiger partial charge in [-0.3, -0.25) is 0 Å². The highest BCUT2D eigenvalue weighted by Gasteiger charge is 2.10. The average molecular weight is 271 g/mol. The number of phenols is 1. The fourth-order valence-electron chi connectivity index (χ4n) is 2.64. The summed E-state index contributed by atoms with van der Waals surface area (Å²) in [7, 11) is 0. The van der Waals surface area contributed by atoms with E-state index < -0.39 is 0 Å². The minimum absolute atomic E-state index is 0.381. The van der Waals surface area contributed by atoms with E-state index in [9.17, 15) is 5.11 Å². The normalized spacial score (nSPS) is 14.3. The van der Waals surface area contributed by atoms with Crippen LogP contribution in [0, 0.1) is 5.92 Å². The lowest BCUT2D eigenvalue weighted by Crippen LogP contribution is -2.27. The molecule has 108 valence electrons. The van der Waals surface area contributed by atoms with Crippen LogP contribution in [0.4, 0.5) is 0 Å². The Bertz CT molecular complexity index is 564. The van der Waals surface area contributed by atoms with E-state index in [0.717, 1.165) is 16.9 Å². The minimum Gasteiger partial charge on any atom is -0.508 e. The van der Waals surface area contributed by atoms with Crippen LogP contribution in [-0.2, 0) is 6.54 Å². The van der Waals surface area contributed by atoms with Crippen LogP contribution < -0.4 is 5.32 Å². The molecular weight excluding hydrogens is 246 g/mol. The van der Waals surface area contributed by atoms with Gasteiger partial charge in [-0.15, -0.1) is 0 Å². The van der Waals surface area contributed by atoms with Gasteiger partial charge < -0.3 is 10.4 Å². The number of nitrogens with one attached hydrogen (secondary N) is 1. The van der Waals surface area contributed by atoms with Crippen molar-refractivity contribution in [1.29, 1.82) is 0 Å². The van der Waals surface area contributed by atoms with Crippen LogP contribution in [0.1, 0.15) is 39.2 Å². The molecule has 0 amide bonds. The van der Waals surface area contributed by atoms with E-state index in [0.29, 0.717) is 18.3 Å². The van der Waals surface area contributed by atoms with Crippen LogP contribution in [0.15, 0.2) is 36.4 Å². The number of hydrogen-bond acceptors (Lipinski definition) is 2. The van der Waals surface area contributed by atoms with Crippen LogP contribution in [0.3, 0.4) is 0 Å². The molecule has 0 aliphatic rings. The zero-order valence-electron chi connectivity index (χ0n) is 12.7. The van der Waals surface area contributed by atoms with Crippen molar-refractivity contribution in [2.24, 2.45) is 5.92 Å². The molecule has 0 bridgehead atoms. The van der Waals surface area contributed by atoms with Gasteiger partial charge in [-0.1, -0.05) is 50.6 Å². The Hall–Kier alpha value is -1.54. The van der Waals surface area contributed by atoms with Gasteiger partial charge in [0.2, 0.25) is 0 Å².